The lowest BCUT2D eigenvalue weighted by Gasteiger charge is -2.34. The van der Waals surface area contributed by atoms with E-state index < -0.39 is 0 Å². The molecule has 0 amide bonds. The summed E-state index contributed by atoms with van der Waals surface area (Å²) in [5.41, 5.74) is 1.22. The quantitative estimate of drug-likeness (QED) is 0.911. The van der Waals surface area contributed by atoms with Crippen molar-refractivity contribution in [1.29, 1.82) is 0 Å². The van der Waals surface area contributed by atoms with Crippen molar-refractivity contribution in [3.8, 4) is 11.5 Å². The van der Waals surface area contributed by atoms with Crippen LogP contribution in [-0.4, -0.2) is 42.8 Å². The van der Waals surface area contributed by atoms with Crippen molar-refractivity contribution < 1.29 is 9.47 Å². The summed E-state index contributed by atoms with van der Waals surface area (Å²) in [6.45, 7) is 2.74. The van der Waals surface area contributed by atoms with Gasteiger partial charge in [0.15, 0.2) is 0 Å². The predicted molar refractivity (Wildman–Crippen MR) is 101 cm³/mol. The monoisotopic (exact) mass is 354 g/mol. The molecule has 4 rings (SSSR count). The Bertz CT molecular complexity index is 717. The first-order valence-corrected chi connectivity index (χ1v) is 9.42. The molecule has 2 aliphatic heterocycles. The molecule has 2 aromatic rings. The van der Waals surface area contributed by atoms with Crippen LogP contribution in [0.2, 0.25) is 0 Å². The Balaban J connectivity index is 1.42. The zero-order valence-corrected chi connectivity index (χ0v) is 15.2. The number of fused-ring (bicyclic) bond motifs is 1. The van der Waals surface area contributed by atoms with Crippen LogP contribution in [0.5, 0.6) is 11.5 Å². The summed E-state index contributed by atoms with van der Waals surface area (Å²) in [6, 6.07) is 8.79. The van der Waals surface area contributed by atoms with Crippen LogP contribution in [0.15, 0.2) is 36.7 Å². The molecule has 6 heteroatoms. The Hall–Kier alpha value is -2.34. The number of nitrogens with zero attached hydrogens (tertiary/aromatic N) is 3. The van der Waals surface area contributed by atoms with E-state index in [1.807, 2.05) is 30.6 Å². The van der Waals surface area contributed by atoms with Gasteiger partial charge < -0.3 is 19.7 Å². The van der Waals surface area contributed by atoms with Gasteiger partial charge in [0.25, 0.3) is 0 Å². The van der Waals surface area contributed by atoms with Gasteiger partial charge in [-0.05, 0) is 49.9 Å². The normalized spacial score (nSPS) is 20.8. The van der Waals surface area contributed by atoms with Crippen LogP contribution in [0, 0.1) is 0 Å². The second kappa shape index (κ2) is 7.91. The molecule has 26 heavy (non-hydrogen) atoms. The molecule has 1 aromatic carbocycles. The standard InChI is InChI=1S/C20H26N4O2/c1-25-16-5-6-19-17(14-16)18(4-2-13-26-19)23-15-7-11-24(12-8-15)20-21-9-3-10-22-20/h3,5-6,9-10,14-15,18,23H,2,4,7-8,11-13H2,1H3. The Morgan fingerprint density at radius 1 is 1.15 bits per heavy atom. The number of methoxy groups -OCH3 is 1. The predicted octanol–water partition coefficient (Wildman–Crippen LogP) is 2.96. The van der Waals surface area contributed by atoms with E-state index in [2.05, 4.69) is 26.3 Å². The second-order valence-corrected chi connectivity index (χ2v) is 6.92. The number of hydrogen-bond acceptors (Lipinski definition) is 6. The molecule has 1 fully saturated rings. The fraction of sp³-hybridized carbons (Fsp3) is 0.500. The fourth-order valence-corrected chi connectivity index (χ4v) is 3.84. The van der Waals surface area contributed by atoms with Crippen LogP contribution in [0.3, 0.4) is 0 Å². The average Bonchev–Trinajstić information content (AvgIpc) is 2.91. The van der Waals surface area contributed by atoms with E-state index >= 15 is 0 Å². The third-order valence-electron chi connectivity index (χ3n) is 5.25. The fourth-order valence-electron chi connectivity index (χ4n) is 3.84. The van der Waals surface area contributed by atoms with Gasteiger partial charge >= 0.3 is 0 Å². The highest BCUT2D eigenvalue weighted by Gasteiger charge is 2.26. The summed E-state index contributed by atoms with van der Waals surface area (Å²) < 4.78 is 11.3. The molecule has 1 saturated heterocycles. The van der Waals surface area contributed by atoms with Gasteiger partial charge in [-0.3, -0.25) is 0 Å². The number of piperidine rings is 1. The second-order valence-electron chi connectivity index (χ2n) is 6.92. The van der Waals surface area contributed by atoms with Crippen molar-refractivity contribution in [2.75, 3.05) is 31.7 Å². The highest BCUT2D eigenvalue weighted by molar-refractivity contribution is 5.43. The SMILES string of the molecule is COc1ccc2c(c1)C(NC1CCN(c3ncccn3)CC1)CCCO2. The van der Waals surface area contributed by atoms with Gasteiger partial charge in [0.05, 0.1) is 13.7 Å². The maximum absolute atomic E-state index is 5.92. The van der Waals surface area contributed by atoms with E-state index in [4.69, 9.17) is 9.47 Å². The average molecular weight is 354 g/mol. The van der Waals surface area contributed by atoms with E-state index in [-0.39, 0.29) is 0 Å². The van der Waals surface area contributed by atoms with Gasteiger partial charge in [0, 0.05) is 43.1 Å². The molecule has 2 aliphatic rings. The zero-order valence-electron chi connectivity index (χ0n) is 15.2. The minimum Gasteiger partial charge on any atom is -0.497 e. The minimum atomic E-state index is 0.312. The van der Waals surface area contributed by atoms with E-state index in [0.29, 0.717) is 12.1 Å². The third kappa shape index (κ3) is 3.75. The maximum atomic E-state index is 5.92. The van der Waals surface area contributed by atoms with E-state index in [9.17, 15) is 0 Å². The van der Waals surface area contributed by atoms with Crippen molar-refractivity contribution in [2.24, 2.45) is 0 Å². The topological polar surface area (TPSA) is 59.5 Å². The summed E-state index contributed by atoms with van der Waals surface area (Å²) in [4.78, 5) is 11.0. The summed E-state index contributed by atoms with van der Waals surface area (Å²) in [5, 5.41) is 3.87. The molecule has 1 atom stereocenters. The van der Waals surface area contributed by atoms with Gasteiger partial charge in [0.2, 0.25) is 5.95 Å². The molecule has 0 spiro atoms. The maximum Gasteiger partial charge on any atom is 0.225 e. The molecular formula is C20H26N4O2. The van der Waals surface area contributed by atoms with E-state index in [1.165, 1.54) is 5.56 Å². The molecular weight excluding hydrogens is 328 g/mol. The molecule has 1 unspecified atom stereocenters. The lowest BCUT2D eigenvalue weighted by Crippen LogP contribution is -2.44. The minimum absolute atomic E-state index is 0.312. The highest BCUT2D eigenvalue weighted by atomic mass is 16.5. The lowest BCUT2D eigenvalue weighted by molar-refractivity contribution is 0.311. The molecule has 1 N–H and O–H groups in total. The van der Waals surface area contributed by atoms with Crippen molar-refractivity contribution in [2.45, 2.75) is 37.8 Å². The highest BCUT2D eigenvalue weighted by Crippen LogP contribution is 2.35. The van der Waals surface area contributed by atoms with Crippen molar-refractivity contribution in [1.82, 2.24) is 15.3 Å². The van der Waals surface area contributed by atoms with Crippen molar-refractivity contribution in [3.05, 3.63) is 42.2 Å². The van der Waals surface area contributed by atoms with Crippen LogP contribution in [0.4, 0.5) is 5.95 Å². The van der Waals surface area contributed by atoms with Gasteiger partial charge in [0.1, 0.15) is 11.5 Å². The Morgan fingerprint density at radius 3 is 2.73 bits per heavy atom. The number of nitrogens with one attached hydrogen (secondary N) is 1. The first-order chi connectivity index (χ1) is 12.8. The van der Waals surface area contributed by atoms with Crippen molar-refractivity contribution in [3.63, 3.8) is 0 Å². The Morgan fingerprint density at radius 2 is 1.96 bits per heavy atom. The van der Waals surface area contributed by atoms with Crippen LogP contribution in [0.25, 0.3) is 0 Å². The molecule has 0 radical (unpaired) electrons. The largest absolute Gasteiger partial charge is 0.497 e. The molecule has 3 heterocycles. The number of rotatable bonds is 4. The summed E-state index contributed by atoms with van der Waals surface area (Å²) in [7, 11) is 1.71. The van der Waals surface area contributed by atoms with Crippen LogP contribution < -0.4 is 19.7 Å². The molecule has 1 aromatic heterocycles. The molecule has 6 nitrogen and oxygen atoms in total. The first kappa shape index (κ1) is 17.1. The van der Waals surface area contributed by atoms with Crippen molar-refractivity contribution >= 4 is 5.95 Å². The van der Waals surface area contributed by atoms with E-state index in [1.54, 1.807) is 7.11 Å². The Kier molecular flexibility index (Phi) is 5.20. The third-order valence-corrected chi connectivity index (χ3v) is 5.25. The molecule has 0 bridgehead atoms. The smallest absolute Gasteiger partial charge is 0.225 e. The lowest BCUT2D eigenvalue weighted by atomic mass is 9.97. The van der Waals surface area contributed by atoms with Crippen LogP contribution in [-0.2, 0) is 0 Å². The van der Waals surface area contributed by atoms with Crippen LogP contribution in [0.1, 0.15) is 37.3 Å². The van der Waals surface area contributed by atoms with Gasteiger partial charge in [-0.2, -0.15) is 0 Å². The number of aromatic nitrogens is 2. The number of anilines is 1. The molecule has 0 aliphatic carbocycles. The molecule has 138 valence electrons. The Labute approximate surface area is 154 Å². The van der Waals surface area contributed by atoms with Crippen LogP contribution >= 0.6 is 0 Å². The zero-order chi connectivity index (χ0) is 17.8. The number of ether oxygens (including phenoxy) is 2. The van der Waals surface area contributed by atoms with Gasteiger partial charge in [-0.25, -0.2) is 9.97 Å². The number of benzene rings is 1. The van der Waals surface area contributed by atoms with Gasteiger partial charge in [-0.1, -0.05) is 0 Å². The van der Waals surface area contributed by atoms with E-state index in [0.717, 1.165) is 62.8 Å². The summed E-state index contributed by atoms with van der Waals surface area (Å²) >= 11 is 0. The summed E-state index contributed by atoms with van der Waals surface area (Å²) in [6.07, 6.45) is 7.95. The molecule has 0 saturated carbocycles. The summed E-state index contributed by atoms with van der Waals surface area (Å²) in [5.74, 6) is 2.71. The first-order valence-electron chi connectivity index (χ1n) is 9.42. The number of hydrogen-bond donors (Lipinski definition) is 1. The van der Waals surface area contributed by atoms with Gasteiger partial charge in [-0.15, -0.1) is 0 Å².